The Hall–Kier alpha value is -0.650. The van der Waals surface area contributed by atoms with Crippen LogP contribution in [0, 0.1) is 0 Å². The molecule has 5 heteroatoms. The molecule has 0 aromatic carbocycles. The van der Waals surface area contributed by atoms with Crippen molar-refractivity contribution in [2.24, 2.45) is 5.73 Å². The van der Waals surface area contributed by atoms with Gasteiger partial charge in [-0.25, -0.2) is 0 Å². The van der Waals surface area contributed by atoms with Gasteiger partial charge in [0.1, 0.15) is 0 Å². The van der Waals surface area contributed by atoms with Crippen molar-refractivity contribution >= 4 is 5.91 Å². The molecule has 3 N–H and O–H groups in total. The van der Waals surface area contributed by atoms with E-state index in [2.05, 4.69) is 0 Å². The van der Waals surface area contributed by atoms with Crippen LogP contribution in [0.4, 0.5) is 0 Å². The van der Waals surface area contributed by atoms with Gasteiger partial charge in [0, 0.05) is 13.1 Å². The second-order valence-electron chi connectivity index (χ2n) is 4.44. The van der Waals surface area contributed by atoms with Crippen molar-refractivity contribution in [3.05, 3.63) is 0 Å². The van der Waals surface area contributed by atoms with Crippen LogP contribution < -0.4 is 5.73 Å². The average Bonchev–Trinajstić information content (AvgIpc) is 2.25. The van der Waals surface area contributed by atoms with Crippen molar-refractivity contribution in [1.29, 1.82) is 0 Å². The predicted molar refractivity (Wildman–Crippen MR) is 54.2 cm³/mol. The molecule has 5 nitrogen and oxygen atoms in total. The van der Waals surface area contributed by atoms with Gasteiger partial charge in [0.05, 0.1) is 24.9 Å². The lowest BCUT2D eigenvalue weighted by molar-refractivity contribution is -0.149. The molecule has 2 fully saturated rings. The van der Waals surface area contributed by atoms with Crippen LogP contribution in [0.15, 0.2) is 0 Å². The van der Waals surface area contributed by atoms with Gasteiger partial charge < -0.3 is 20.5 Å². The zero-order chi connectivity index (χ0) is 10.9. The largest absolute Gasteiger partial charge is 0.394 e. The van der Waals surface area contributed by atoms with Gasteiger partial charge in [0.2, 0.25) is 5.91 Å². The first-order valence-corrected chi connectivity index (χ1v) is 5.46. The van der Waals surface area contributed by atoms with E-state index in [0.29, 0.717) is 19.7 Å². The zero-order valence-corrected chi connectivity index (χ0v) is 8.82. The number of carbonyl (C=O) groups excluding carboxylic acids is 1. The Morgan fingerprint density at radius 3 is 2.87 bits per heavy atom. The summed E-state index contributed by atoms with van der Waals surface area (Å²) >= 11 is 0. The maximum Gasteiger partial charge on any atom is 0.242 e. The van der Waals surface area contributed by atoms with Gasteiger partial charge in [0.15, 0.2) is 0 Å². The third-order valence-electron chi connectivity index (χ3n) is 3.30. The molecule has 1 unspecified atom stereocenters. The monoisotopic (exact) mass is 214 g/mol. The highest BCUT2D eigenvalue weighted by Gasteiger charge is 2.43. The fraction of sp³-hybridized carbons (Fsp3) is 0.900. The normalized spacial score (nSPS) is 29.7. The number of carbonyl (C=O) groups is 1. The minimum absolute atomic E-state index is 0.0236. The number of nitrogens with two attached hydrogens (primary N) is 1. The van der Waals surface area contributed by atoms with Crippen LogP contribution in [0.5, 0.6) is 0 Å². The van der Waals surface area contributed by atoms with Crippen LogP contribution in [0.1, 0.15) is 19.3 Å². The minimum Gasteiger partial charge on any atom is -0.394 e. The van der Waals surface area contributed by atoms with E-state index in [-0.39, 0.29) is 18.6 Å². The number of morpholine rings is 1. The summed E-state index contributed by atoms with van der Waals surface area (Å²) in [5.41, 5.74) is 5.34. The van der Waals surface area contributed by atoms with Crippen molar-refractivity contribution in [2.75, 3.05) is 26.3 Å². The first-order valence-electron chi connectivity index (χ1n) is 5.46. The van der Waals surface area contributed by atoms with Crippen LogP contribution in [-0.2, 0) is 9.53 Å². The summed E-state index contributed by atoms with van der Waals surface area (Å²) in [6.45, 7) is 1.51. The molecule has 1 saturated carbocycles. The number of ether oxygens (including phenoxy) is 1. The molecule has 0 bridgehead atoms. The summed E-state index contributed by atoms with van der Waals surface area (Å²) < 4.78 is 5.29. The third-order valence-corrected chi connectivity index (χ3v) is 3.30. The van der Waals surface area contributed by atoms with E-state index in [1.54, 1.807) is 4.90 Å². The molecule has 2 rings (SSSR count). The number of hydrogen-bond donors (Lipinski definition) is 2. The van der Waals surface area contributed by atoms with E-state index in [1.165, 1.54) is 0 Å². The summed E-state index contributed by atoms with van der Waals surface area (Å²) in [5.74, 6) is 0.0236. The first kappa shape index (κ1) is 10.9. The molecule has 1 saturated heterocycles. The standard InChI is InChI=1S/C10H18N2O3/c11-10(2-1-3-10)9(14)12-4-5-15-8(6-12)7-13/h8,13H,1-7,11H2. The van der Waals surface area contributed by atoms with Crippen molar-refractivity contribution in [3.63, 3.8) is 0 Å². The Morgan fingerprint density at radius 2 is 2.33 bits per heavy atom. The number of aliphatic hydroxyl groups excluding tert-OH is 1. The highest BCUT2D eigenvalue weighted by molar-refractivity contribution is 5.87. The molecule has 1 heterocycles. The fourth-order valence-corrected chi connectivity index (χ4v) is 2.10. The van der Waals surface area contributed by atoms with Gasteiger partial charge >= 0.3 is 0 Å². The highest BCUT2D eigenvalue weighted by atomic mass is 16.5. The molecule has 15 heavy (non-hydrogen) atoms. The Morgan fingerprint density at radius 1 is 1.60 bits per heavy atom. The molecule has 1 amide bonds. The lowest BCUT2D eigenvalue weighted by atomic mass is 9.76. The topological polar surface area (TPSA) is 75.8 Å². The molecular formula is C10H18N2O3. The lowest BCUT2D eigenvalue weighted by Gasteiger charge is -2.42. The Bertz CT molecular complexity index is 253. The van der Waals surface area contributed by atoms with E-state index < -0.39 is 5.54 Å². The first-order chi connectivity index (χ1) is 7.15. The maximum atomic E-state index is 12.0. The summed E-state index contributed by atoms with van der Waals surface area (Å²) in [6.07, 6.45) is 2.36. The van der Waals surface area contributed by atoms with Gasteiger partial charge in [-0.2, -0.15) is 0 Å². The zero-order valence-electron chi connectivity index (χ0n) is 8.82. The maximum absolute atomic E-state index is 12.0. The number of amides is 1. The van der Waals surface area contributed by atoms with E-state index >= 15 is 0 Å². The second-order valence-corrected chi connectivity index (χ2v) is 4.44. The average molecular weight is 214 g/mol. The van der Waals surface area contributed by atoms with E-state index in [0.717, 1.165) is 19.3 Å². The fourth-order valence-electron chi connectivity index (χ4n) is 2.10. The summed E-state index contributed by atoms with van der Waals surface area (Å²) in [4.78, 5) is 13.8. The number of aliphatic hydroxyl groups is 1. The Kier molecular flexibility index (Phi) is 2.95. The van der Waals surface area contributed by atoms with E-state index in [1.807, 2.05) is 0 Å². The van der Waals surface area contributed by atoms with Gasteiger partial charge in [-0.3, -0.25) is 4.79 Å². The molecular weight excluding hydrogens is 196 g/mol. The van der Waals surface area contributed by atoms with Gasteiger partial charge in [-0.05, 0) is 19.3 Å². The van der Waals surface area contributed by atoms with Crippen molar-refractivity contribution in [3.8, 4) is 0 Å². The van der Waals surface area contributed by atoms with Crippen molar-refractivity contribution < 1.29 is 14.6 Å². The lowest BCUT2D eigenvalue weighted by Crippen LogP contribution is -2.62. The van der Waals surface area contributed by atoms with Crippen LogP contribution >= 0.6 is 0 Å². The summed E-state index contributed by atoms with van der Waals surface area (Å²) in [7, 11) is 0. The third kappa shape index (κ3) is 2.00. The smallest absolute Gasteiger partial charge is 0.242 e. The molecule has 1 aliphatic heterocycles. The number of rotatable bonds is 2. The highest BCUT2D eigenvalue weighted by Crippen LogP contribution is 2.31. The van der Waals surface area contributed by atoms with Crippen LogP contribution in [-0.4, -0.2) is 53.9 Å². The Balaban J connectivity index is 1.95. The van der Waals surface area contributed by atoms with Crippen LogP contribution in [0.3, 0.4) is 0 Å². The molecule has 1 aliphatic carbocycles. The van der Waals surface area contributed by atoms with Gasteiger partial charge in [0.25, 0.3) is 0 Å². The summed E-state index contributed by atoms with van der Waals surface area (Å²) in [6, 6.07) is 0. The minimum atomic E-state index is -0.628. The molecule has 0 radical (unpaired) electrons. The molecule has 0 spiro atoms. The quantitative estimate of drug-likeness (QED) is 0.624. The molecule has 0 aromatic rings. The van der Waals surface area contributed by atoms with Crippen LogP contribution in [0.2, 0.25) is 0 Å². The van der Waals surface area contributed by atoms with Gasteiger partial charge in [-0.15, -0.1) is 0 Å². The van der Waals surface area contributed by atoms with Crippen molar-refractivity contribution in [2.45, 2.75) is 30.9 Å². The SMILES string of the molecule is NC1(C(=O)N2CCOC(CO)C2)CCC1. The van der Waals surface area contributed by atoms with E-state index in [4.69, 9.17) is 15.6 Å². The molecule has 1 atom stereocenters. The predicted octanol–water partition coefficient (Wildman–Crippen LogP) is -0.913. The number of hydrogen-bond acceptors (Lipinski definition) is 4. The van der Waals surface area contributed by atoms with Crippen LogP contribution in [0.25, 0.3) is 0 Å². The van der Waals surface area contributed by atoms with E-state index in [9.17, 15) is 4.79 Å². The second kappa shape index (κ2) is 4.08. The molecule has 86 valence electrons. The molecule has 0 aromatic heterocycles. The van der Waals surface area contributed by atoms with Crippen molar-refractivity contribution in [1.82, 2.24) is 4.90 Å². The Labute approximate surface area is 89.2 Å². The van der Waals surface area contributed by atoms with Gasteiger partial charge in [-0.1, -0.05) is 0 Å². The summed E-state index contributed by atoms with van der Waals surface area (Å²) in [5, 5.41) is 8.97. The number of nitrogens with zero attached hydrogens (tertiary/aromatic N) is 1. The molecule has 2 aliphatic rings.